The zero-order valence-electron chi connectivity index (χ0n) is 9.19. The molecule has 2 rings (SSSR count). The number of rotatable bonds is 6. The summed E-state index contributed by atoms with van der Waals surface area (Å²) in [5, 5.41) is 0. The lowest BCUT2D eigenvalue weighted by Crippen LogP contribution is -2.35. The maximum Gasteiger partial charge on any atom is 0.214 e. The van der Waals surface area contributed by atoms with Crippen LogP contribution in [0.25, 0.3) is 0 Å². The predicted molar refractivity (Wildman–Crippen MR) is 66.2 cm³/mol. The lowest BCUT2D eigenvalue weighted by Gasteiger charge is -2.13. The average Bonchev–Trinajstić information content (AvgIpc) is 2.96. The van der Waals surface area contributed by atoms with Crippen LogP contribution < -0.4 is 4.72 Å². The highest BCUT2D eigenvalue weighted by Crippen LogP contribution is 2.36. The molecule has 94 valence electrons. The summed E-state index contributed by atoms with van der Waals surface area (Å²) in [6.07, 6.45) is 4.16. The van der Waals surface area contributed by atoms with E-state index in [1.165, 1.54) is 12.8 Å². The molecule has 1 heterocycles. The zero-order valence-corrected chi connectivity index (χ0v) is 11.6. The van der Waals surface area contributed by atoms with E-state index >= 15 is 0 Å². The van der Waals surface area contributed by atoms with Gasteiger partial charge in [0.05, 0.1) is 11.9 Å². The maximum absolute atomic E-state index is 11.7. The van der Waals surface area contributed by atoms with E-state index in [4.69, 9.17) is 4.74 Å². The van der Waals surface area contributed by atoms with Crippen molar-refractivity contribution >= 4 is 26.0 Å². The molecule has 0 aromatic heterocycles. The van der Waals surface area contributed by atoms with Crippen LogP contribution in [0.5, 0.6) is 0 Å². The van der Waals surface area contributed by atoms with Crippen LogP contribution in [0.3, 0.4) is 0 Å². The number of alkyl halides is 1. The van der Waals surface area contributed by atoms with Crippen molar-refractivity contribution in [3.8, 4) is 0 Å². The Morgan fingerprint density at radius 3 is 2.69 bits per heavy atom. The molecular formula is C10H18BrNO3S. The summed E-state index contributed by atoms with van der Waals surface area (Å²) in [6.45, 7) is 1.20. The van der Waals surface area contributed by atoms with Crippen molar-refractivity contribution in [1.82, 2.24) is 4.72 Å². The molecule has 2 atom stereocenters. The first-order chi connectivity index (χ1) is 7.57. The summed E-state index contributed by atoms with van der Waals surface area (Å²) in [4.78, 5) is 0.284. The Balaban J connectivity index is 1.73. The molecule has 1 saturated heterocycles. The molecule has 2 fully saturated rings. The van der Waals surface area contributed by atoms with Crippen LogP contribution in [0.1, 0.15) is 25.7 Å². The quantitative estimate of drug-likeness (QED) is 0.751. The smallest absolute Gasteiger partial charge is 0.214 e. The van der Waals surface area contributed by atoms with E-state index in [0.717, 1.165) is 12.8 Å². The van der Waals surface area contributed by atoms with E-state index in [-0.39, 0.29) is 16.7 Å². The normalized spacial score (nSPS) is 28.2. The average molecular weight is 312 g/mol. The Hall–Kier alpha value is 0.350. The van der Waals surface area contributed by atoms with Crippen molar-refractivity contribution < 1.29 is 13.2 Å². The van der Waals surface area contributed by atoms with Crippen LogP contribution in [0, 0.1) is 5.92 Å². The van der Waals surface area contributed by atoms with Gasteiger partial charge in [-0.1, -0.05) is 15.9 Å². The first-order valence-electron chi connectivity index (χ1n) is 5.80. The van der Waals surface area contributed by atoms with Crippen LogP contribution >= 0.6 is 15.9 Å². The number of hydrogen-bond donors (Lipinski definition) is 1. The molecular weight excluding hydrogens is 294 g/mol. The Labute approximate surface area is 105 Å². The third-order valence-corrected chi connectivity index (χ3v) is 5.55. The fourth-order valence-electron chi connectivity index (χ4n) is 1.91. The van der Waals surface area contributed by atoms with Gasteiger partial charge in [-0.2, -0.15) is 0 Å². The molecule has 1 saturated carbocycles. The molecule has 4 nitrogen and oxygen atoms in total. The molecule has 0 radical (unpaired) electrons. The van der Waals surface area contributed by atoms with E-state index in [2.05, 4.69) is 20.7 Å². The van der Waals surface area contributed by atoms with Gasteiger partial charge in [0.1, 0.15) is 0 Å². The number of sulfonamides is 1. The summed E-state index contributed by atoms with van der Waals surface area (Å²) in [6, 6.07) is 0. The molecule has 0 aromatic rings. The van der Waals surface area contributed by atoms with Gasteiger partial charge >= 0.3 is 0 Å². The largest absolute Gasteiger partial charge is 0.377 e. The zero-order chi connectivity index (χ0) is 11.6. The van der Waals surface area contributed by atoms with E-state index in [0.29, 0.717) is 19.1 Å². The van der Waals surface area contributed by atoms with Crippen LogP contribution in [-0.4, -0.2) is 38.3 Å². The van der Waals surface area contributed by atoms with Gasteiger partial charge in [-0.15, -0.1) is 0 Å². The minimum atomic E-state index is -3.17. The van der Waals surface area contributed by atoms with Gasteiger partial charge < -0.3 is 4.74 Å². The standard InChI is InChI=1S/C10H18BrNO3S/c11-10(8-3-4-8)6-12-16(13,14)7-9-2-1-5-15-9/h8-10,12H,1-7H2. The lowest BCUT2D eigenvalue weighted by molar-refractivity contribution is 0.127. The van der Waals surface area contributed by atoms with Gasteiger partial charge in [0.15, 0.2) is 0 Å². The first kappa shape index (κ1) is 12.8. The van der Waals surface area contributed by atoms with Crippen LogP contribution in [0.2, 0.25) is 0 Å². The second kappa shape index (κ2) is 5.33. The molecule has 0 aromatic carbocycles. The number of ether oxygens (including phenoxy) is 1. The van der Waals surface area contributed by atoms with E-state index < -0.39 is 10.0 Å². The number of halogens is 1. The molecule has 0 spiro atoms. The fraction of sp³-hybridized carbons (Fsp3) is 1.00. The second-order valence-corrected chi connectivity index (χ2v) is 7.65. The van der Waals surface area contributed by atoms with Crippen LogP contribution in [0.15, 0.2) is 0 Å². The van der Waals surface area contributed by atoms with Gasteiger partial charge in [-0.3, -0.25) is 0 Å². The van der Waals surface area contributed by atoms with E-state index in [1.54, 1.807) is 0 Å². The van der Waals surface area contributed by atoms with Crippen molar-refractivity contribution in [2.24, 2.45) is 5.92 Å². The molecule has 16 heavy (non-hydrogen) atoms. The molecule has 0 amide bonds. The predicted octanol–water partition coefficient (Wildman–Crippen LogP) is 1.26. The lowest BCUT2D eigenvalue weighted by atomic mass is 10.3. The van der Waals surface area contributed by atoms with Gasteiger partial charge in [0.25, 0.3) is 0 Å². The van der Waals surface area contributed by atoms with E-state index in [9.17, 15) is 8.42 Å². The van der Waals surface area contributed by atoms with Crippen molar-refractivity contribution in [1.29, 1.82) is 0 Å². The third kappa shape index (κ3) is 3.98. The molecule has 1 aliphatic carbocycles. The molecule has 2 aliphatic rings. The van der Waals surface area contributed by atoms with Gasteiger partial charge in [-0.05, 0) is 31.6 Å². The summed E-state index contributed by atoms with van der Waals surface area (Å²) < 4.78 is 31.4. The number of nitrogens with one attached hydrogen (secondary N) is 1. The topological polar surface area (TPSA) is 55.4 Å². The summed E-state index contributed by atoms with van der Waals surface area (Å²) >= 11 is 3.51. The fourth-order valence-corrected chi connectivity index (χ4v) is 4.12. The highest BCUT2D eigenvalue weighted by atomic mass is 79.9. The Morgan fingerprint density at radius 1 is 1.38 bits per heavy atom. The summed E-state index contributed by atoms with van der Waals surface area (Å²) in [5.41, 5.74) is 0. The highest BCUT2D eigenvalue weighted by Gasteiger charge is 2.30. The van der Waals surface area contributed by atoms with Gasteiger partial charge in [0, 0.05) is 18.0 Å². The maximum atomic E-state index is 11.7. The van der Waals surface area contributed by atoms with Crippen molar-refractivity contribution in [3.05, 3.63) is 0 Å². The minimum absolute atomic E-state index is 0.104. The van der Waals surface area contributed by atoms with Gasteiger partial charge in [-0.25, -0.2) is 13.1 Å². The van der Waals surface area contributed by atoms with Crippen molar-refractivity contribution in [3.63, 3.8) is 0 Å². The van der Waals surface area contributed by atoms with Crippen molar-refractivity contribution in [2.45, 2.75) is 36.6 Å². The Bertz CT molecular complexity index is 323. The molecule has 1 N–H and O–H groups in total. The summed E-state index contributed by atoms with van der Waals surface area (Å²) in [5.74, 6) is 0.766. The third-order valence-electron chi connectivity index (χ3n) is 3.06. The molecule has 1 aliphatic heterocycles. The van der Waals surface area contributed by atoms with Crippen LogP contribution in [-0.2, 0) is 14.8 Å². The highest BCUT2D eigenvalue weighted by molar-refractivity contribution is 9.09. The van der Waals surface area contributed by atoms with Gasteiger partial charge in [0.2, 0.25) is 10.0 Å². The molecule has 6 heteroatoms. The molecule has 2 unspecified atom stereocenters. The second-order valence-electron chi connectivity index (χ2n) is 4.62. The van der Waals surface area contributed by atoms with Crippen molar-refractivity contribution in [2.75, 3.05) is 18.9 Å². The summed E-state index contributed by atoms with van der Waals surface area (Å²) in [7, 11) is -3.17. The Morgan fingerprint density at radius 2 is 2.12 bits per heavy atom. The van der Waals surface area contributed by atoms with Crippen LogP contribution in [0.4, 0.5) is 0 Å². The monoisotopic (exact) mass is 311 g/mol. The SMILES string of the molecule is O=S(=O)(CC1CCCO1)NCC(Br)C1CC1. The van der Waals surface area contributed by atoms with E-state index in [1.807, 2.05) is 0 Å². The number of hydrogen-bond acceptors (Lipinski definition) is 3. The first-order valence-corrected chi connectivity index (χ1v) is 8.36. The Kier molecular flexibility index (Phi) is 4.26. The molecule has 0 bridgehead atoms. The minimum Gasteiger partial charge on any atom is -0.377 e.